The molecule has 1 amide bonds. The van der Waals surface area contributed by atoms with Gasteiger partial charge in [-0.3, -0.25) is 14.5 Å². The van der Waals surface area contributed by atoms with E-state index in [9.17, 15) is 4.79 Å². The summed E-state index contributed by atoms with van der Waals surface area (Å²) >= 11 is 0. The fraction of sp³-hybridized carbons (Fsp3) is 0.324. The Bertz CT molecular complexity index is 1770. The first-order valence-corrected chi connectivity index (χ1v) is 16.6. The molecule has 2 N–H and O–H groups in total. The van der Waals surface area contributed by atoms with E-state index in [4.69, 9.17) is 19.0 Å². The molecule has 7 rings (SSSR count). The Morgan fingerprint density at radius 2 is 1.78 bits per heavy atom. The Morgan fingerprint density at radius 3 is 2.59 bits per heavy atom. The minimum Gasteiger partial charge on any atom is -0.494 e. The van der Waals surface area contributed by atoms with Gasteiger partial charge in [0.1, 0.15) is 29.4 Å². The van der Waals surface area contributed by atoms with Gasteiger partial charge < -0.3 is 29.7 Å². The SMILES string of the molecule is C=CC(=O)Nc1cc(Nc2cc(N3OCCC3c3cccc(Oc4ccccc4)c3)ncn2)c(OC)cc1N1CCC(N2CCOCC2)C1. The Hall–Kier alpha value is -5.17. The van der Waals surface area contributed by atoms with Gasteiger partial charge in [-0.25, -0.2) is 15.0 Å². The van der Waals surface area contributed by atoms with Crippen molar-refractivity contribution in [3.05, 3.63) is 97.3 Å². The Labute approximate surface area is 286 Å². The largest absolute Gasteiger partial charge is 0.494 e. The number of hydroxylamine groups is 1. The molecule has 12 heteroatoms. The summed E-state index contributed by atoms with van der Waals surface area (Å²) in [6, 6.07) is 23.8. The zero-order valence-corrected chi connectivity index (χ0v) is 27.6. The van der Waals surface area contributed by atoms with E-state index in [0.717, 1.165) is 75.0 Å². The number of hydrogen-bond donors (Lipinski definition) is 2. The first kappa shape index (κ1) is 32.4. The van der Waals surface area contributed by atoms with Crippen LogP contribution in [-0.4, -0.2) is 79.9 Å². The van der Waals surface area contributed by atoms with Crippen molar-refractivity contribution in [2.75, 3.05) is 73.7 Å². The Morgan fingerprint density at radius 1 is 0.939 bits per heavy atom. The van der Waals surface area contributed by atoms with Crippen LogP contribution in [0, 0.1) is 0 Å². The number of nitrogens with one attached hydrogen (secondary N) is 2. The summed E-state index contributed by atoms with van der Waals surface area (Å²) in [5.41, 5.74) is 3.25. The van der Waals surface area contributed by atoms with E-state index in [1.807, 2.05) is 71.8 Å². The average molecular weight is 664 g/mol. The second-order valence-corrected chi connectivity index (χ2v) is 12.1. The number of ether oxygens (including phenoxy) is 3. The molecule has 3 aliphatic rings. The third-order valence-corrected chi connectivity index (χ3v) is 9.09. The highest BCUT2D eigenvalue weighted by atomic mass is 16.7. The molecule has 3 aromatic carbocycles. The van der Waals surface area contributed by atoms with E-state index in [0.29, 0.717) is 41.4 Å². The predicted molar refractivity (Wildman–Crippen MR) is 189 cm³/mol. The lowest BCUT2D eigenvalue weighted by Gasteiger charge is -2.32. The van der Waals surface area contributed by atoms with Crippen LogP contribution in [0.4, 0.5) is 28.7 Å². The van der Waals surface area contributed by atoms with Gasteiger partial charge in [-0.2, -0.15) is 0 Å². The smallest absolute Gasteiger partial charge is 0.247 e. The van der Waals surface area contributed by atoms with E-state index < -0.39 is 0 Å². The topological polar surface area (TPSA) is 114 Å². The molecule has 12 nitrogen and oxygen atoms in total. The van der Waals surface area contributed by atoms with Crippen molar-refractivity contribution >= 4 is 34.6 Å². The van der Waals surface area contributed by atoms with Gasteiger partial charge in [-0.05, 0) is 48.4 Å². The minimum absolute atomic E-state index is 0.0710. The normalized spacial score (nSPS) is 19.4. The van der Waals surface area contributed by atoms with Crippen molar-refractivity contribution in [1.82, 2.24) is 14.9 Å². The zero-order valence-electron chi connectivity index (χ0n) is 27.6. The molecule has 1 aromatic heterocycles. The predicted octanol–water partition coefficient (Wildman–Crippen LogP) is 5.94. The van der Waals surface area contributed by atoms with Gasteiger partial charge in [0.05, 0.1) is 50.0 Å². The fourth-order valence-electron chi connectivity index (χ4n) is 6.66. The molecule has 0 spiro atoms. The molecule has 49 heavy (non-hydrogen) atoms. The van der Waals surface area contributed by atoms with Crippen molar-refractivity contribution in [2.24, 2.45) is 0 Å². The summed E-state index contributed by atoms with van der Waals surface area (Å²) in [4.78, 5) is 32.5. The first-order valence-electron chi connectivity index (χ1n) is 16.6. The minimum atomic E-state index is -0.291. The highest BCUT2D eigenvalue weighted by Gasteiger charge is 2.32. The van der Waals surface area contributed by atoms with Crippen LogP contribution >= 0.6 is 0 Å². The molecule has 0 bridgehead atoms. The highest BCUT2D eigenvalue weighted by Crippen LogP contribution is 2.41. The molecule has 2 atom stereocenters. The molecule has 254 valence electrons. The third kappa shape index (κ3) is 7.46. The second-order valence-electron chi connectivity index (χ2n) is 12.1. The molecule has 3 fully saturated rings. The molecule has 0 saturated carbocycles. The van der Waals surface area contributed by atoms with Gasteiger partial charge in [-0.1, -0.05) is 36.9 Å². The van der Waals surface area contributed by atoms with Crippen LogP contribution in [0.3, 0.4) is 0 Å². The number of benzene rings is 3. The number of carbonyl (C=O) groups is 1. The maximum atomic E-state index is 12.6. The van der Waals surface area contributed by atoms with E-state index in [-0.39, 0.29) is 11.9 Å². The number of para-hydroxylation sites is 1. The highest BCUT2D eigenvalue weighted by molar-refractivity contribution is 6.02. The number of carbonyl (C=O) groups excluding carboxylic acids is 1. The van der Waals surface area contributed by atoms with E-state index >= 15 is 0 Å². The first-order chi connectivity index (χ1) is 24.1. The van der Waals surface area contributed by atoms with Crippen molar-refractivity contribution < 1.29 is 23.8 Å². The van der Waals surface area contributed by atoms with Gasteiger partial charge >= 0.3 is 0 Å². The van der Waals surface area contributed by atoms with Crippen LogP contribution in [0.2, 0.25) is 0 Å². The van der Waals surface area contributed by atoms with Gasteiger partial charge in [0.15, 0.2) is 5.82 Å². The Kier molecular flexibility index (Phi) is 9.87. The maximum Gasteiger partial charge on any atom is 0.247 e. The number of anilines is 5. The second kappa shape index (κ2) is 14.9. The summed E-state index contributed by atoms with van der Waals surface area (Å²) in [7, 11) is 1.64. The fourth-order valence-corrected chi connectivity index (χ4v) is 6.66. The molecular formula is C37H41N7O5. The molecule has 3 saturated heterocycles. The summed E-state index contributed by atoms with van der Waals surface area (Å²) in [5, 5.41) is 8.22. The van der Waals surface area contributed by atoms with Crippen LogP contribution in [-0.2, 0) is 14.4 Å². The van der Waals surface area contributed by atoms with Gasteiger partial charge in [-0.15, -0.1) is 0 Å². The number of amides is 1. The number of aromatic nitrogens is 2. The number of nitrogens with zero attached hydrogens (tertiary/aromatic N) is 5. The van der Waals surface area contributed by atoms with Crippen LogP contribution < -0.4 is 30.1 Å². The lowest BCUT2D eigenvalue weighted by Crippen LogP contribution is -2.44. The Balaban J connectivity index is 1.12. The molecule has 3 aliphatic heterocycles. The van der Waals surface area contributed by atoms with Crippen molar-refractivity contribution in [3.63, 3.8) is 0 Å². The molecule has 4 aromatic rings. The number of methoxy groups -OCH3 is 1. The summed E-state index contributed by atoms with van der Waals surface area (Å²) in [6.07, 6.45) is 4.59. The summed E-state index contributed by atoms with van der Waals surface area (Å²) in [5.74, 6) is 3.01. The quantitative estimate of drug-likeness (QED) is 0.186. The number of hydrogen-bond acceptors (Lipinski definition) is 11. The van der Waals surface area contributed by atoms with Gasteiger partial charge in [0.2, 0.25) is 5.91 Å². The molecule has 0 aliphatic carbocycles. The van der Waals surface area contributed by atoms with Crippen LogP contribution in [0.1, 0.15) is 24.4 Å². The lowest BCUT2D eigenvalue weighted by molar-refractivity contribution is -0.111. The monoisotopic (exact) mass is 663 g/mol. The van der Waals surface area contributed by atoms with Crippen molar-refractivity contribution in [2.45, 2.75) is 24.9 Å². The maximum absolute atomic E-state index is 12.6. The molecule has 2 unspecified atom stereocenters. The number of morpholine rings is 1. The molecule has 0 radical (unpaired) electrons. The van der Waals surface area contributed by atoms with E-state index in [2.05, 4.69) is 43.0 Å². The van der Waals surface area contributed by atoms with Crippen molar-refractivity contribution in [1.29, 1.82) is 0 Å². The standard InChI is InChI=1S/C37H41N7O5/c1-3-37(45)41-30-21-31(34(46-2)22-33(30)43-14-12-27(24-43)42-15-18-47-19-16-42)40-35-23-36(39-25-38-35)44-32(13-17-48-44)26-8-7-11-29(20-26)49-28-9-5-4-6-10-28/h3-11,20-23,25,27,32H,1,12-19,24H2,2H3,(H,41,45)(H,38,39,40). The van der Waals surface area contributed by atoms with Gasteiger partial charge in [0.25, 0.3) is 0 Å². The summed E-state index contributed by atoms with van der Waals surface area (Å²) in [6.45, 7) is 9.31. The van der Waals surface area contributed by atoms with Gasteiger partial charge in [0, 0.05) is 50.8 Å². The van der Waals surface area contributed by atoms with Crippen LogP contribution in [0.25, 0.3) is 0 Å². The lowest BCUT2D eigenvalue weighted by atomic mass is 10.0. The summed E-state index contributed by atoms with van der Waals surface area (Å²) < 4.78 is 17.5. The third-order valence-electron chi connectivity index (χ3n) is 9.09. The average Bonchev–Trinajstić information content (AvgIpc) is 3.84. The zero-order chi connectivity index (χ0) is 33.6. The van der Waals surface area contributed by atoms with E-state index in [1.54, 1.807) is 7.11 Å². The molecular weight excluding hydrogens is 622 g/mol. The van der Waals surface area contributed by atoms with E-state index in [1.165, 1.54) is 12.4 Å². The van der Waals surface area contributed by atoms with Crippen LogP contribution in [0.15, 0.2) is 91.8 Å². The van der Waals surface area contributed by atoms with Crippen molar-refractivity contribution in [3.8, 4) is 17.2 Å². The molecule has 4 heterocycles. The number of rotatable bonds is 11. The van der Waals surface area contributed by atoms with Crippen LogP contribution in [0.5, 0.6) is 17.2 Å².